The van der Waals surface area contributed by atoms with E-state index in [1.165, 1.54) is 0 Å². The highest BCUT2D eigenvalue weighted by Crippen LogP contribution is 2.31. The molecule has 1 atom stereocenters. The van der Waals surface area contributed by atoms with Crippen molar-refractivity contribution in [3.05, 3.63) is 20.3 Å². The first-order chi connectivity index (χ1) is 8.20. The van der Waals surface area contributed by atoms with E-state index in [1.54, 1.807) is 11.3 Å². The normalized spacial score (nSPS) is 13.2. The van der Waals surface area contributed by atoms with Crippen LogP contribution in [0.3, 0.4) is 0 Å². The molecule has 0 fully saturated rings. The highest BCUT2D eigenvalue weighted by Gasteiger charge is 2.18. The minimum Gasteiger partial charge on any atom is -0.444 e. The molecule has 6 heteroatoms. The summed E-state index contributed by atoms with van der Waals surface area (Å²) in [7, 11) is 0. The fourth-order valence-electron chi connectivity index (χ4n) is 1.30. The van der Waals surface area contributed by atoms with Gasteiger partial charge < -0.3 is 15.8 Å². The topological polar surface area (TPSA) is 64.3 Å². The number of hydrogen-bond donors (Lipinski definition) is 2. The minimum atomic E-state index is -0.492. The fourth-order valence-corrected chi connectivity index (χ4v) is 3.08. The second-order valence-corrected chi connectivity index (χ2v) is 6.79. The molecule has 1 amide bonds. The molecule has 0 bridgehead atoms. The summed E-state index contributed by atoms with van der Waals surface area (Å²) in [6, 6.07) is -0.231. The molecule has 4 nitrogen and oxygen atoms in total. The number of amides is 1. The molecule has 1 unspecified atom stereocenters. The fraction of sp³-hybridized carbons (Fsp3) is 0.583. The molecule has 0 aliphatic rings. The van der Waals surface area contributed by atoms with Gasteiger partial charge in [0.05, 0.1) is 6.04 Å². The lowest BCUT2D eigenvalue weighted by atomic mass is 10.2. The first kappa shape index (κ1) is 15.5. The Hall–Kier alpha value is -0.590. The van der Waals surface area contributed by atoms with Crippen molar-refractivity contribution < 1.29 is 9.53 Å². The van der Waals surface area contributed by atoms with E-state index in [1.807, 2.05) is 33.1 Å². The quantitative estimate of drug-likeness (QED) is 0.890. The van der Waals surface area contributed by atoms with Crippen LogP contribution in [0.2, 0.25) is 0 Å². The number of alkyl carbamates (subject to hydrolysis) is 1. The summed E-state index contributed by atoms with van der Waals surface area (Å²) in [6.45, 7) is 7.84. The predicted octanol–water partition coefficient (Wildman–Crippen LogP) is 3.34. The second kappa shape index (κ2) is 6.04. The lowest BCUT2D eigenvalue weighted by molar-refractivity contribution is 0.0524. The average Bonchev–Trinajstić information content (AvgIpc) is 2.54. The highest BCUT2D eigenvalue weighted by atomic mass is 79.9. The summed E-state index contributed by atoms with van der Waals surface area (Å²) in [5.74, 6) is 0. The van der Waals surface area contributed by atoms with E-state index in [0.717, 1.165) is 14.9 Å². The molecule has 3 N–H and O–H groups in total. The number of hydrogen-bond acceptors (Lipinski definition) is 4. The van der Waals surface area contributed by atoms with Gasteiger partial charge in [0.15, 0.2) is 0 Å². The zero-order valence-corrected chi connectivity index (χ0v) is 13.4. The number of halogens is 1. The van der Waals surface area contributed by atoms with E-state index in [9.17, 15) is 4.79 Å². The molecule has 0 saturated carbocycles. The zero-order valence-electron chi connectivity index (χ0n) is 11.0. The van der Waals surface area contributed by atoms with Crippen LogP contribution in [0, 0.1) is 6.92 Å². The third kappa shape index (κ3) is 4.59. The van der Waals surface area contributed by atoms with Gasteiger partial charge in [-0.05, 0) is 54.6 Å². The van der Waals surface area contributed by atoms with Crippen LogP contribution in [-0.2, 0) is 4.74 Å². The maximum Gasteiger partial charge on any atom is 0.407 e. The predicted molar refractivity (Wildman–Crippen MR) is 77.9 cm³/mol. The van der Waals surface area contributed by atoms with Crippen LogP contribution in [0.5, 0.6) is 0 Å². The van der Waals surface area contributed by atoms with Crippen LogP contribution in [0.15, 0.2) is 9.85 Å². The van der Waals surface area contributed by atoms with E-state index >= 15 is 0 Å². The van der Waals surface area contributed by atoms with Crippen molar-refractivity contribution in [1.82, 2.24) is 5.32 Å². The zero-order chi connectivity index (χ0) is 13.9. The third-order valence-electron chi connectivity index (χ3n) is 2.13. The number of aryl methyl sites for hydroxylation is 1. The average molecular weight is 335 g/mol. The number of ether oxygens (including phenoxy) is 1. The Morgan fingerprint density at radius 1 is 1.61 bits per heavy atom. The summed E-state index contributed by atoms with van der Waals surface area (Å²) in [5.41, 5.74) is 6.69. The van der Waals surface area contributed by atoms with Crippen LogP contribution >= 0.6 is 27.3 Å². The lowest BCUT2D eigenvalue weighted by Crippen LogP contribution is -2.36. The monoisotopic (exact) mass is 334 g/mol. The molecule has 0 aliphatic carbocycles. The number of thiophene rings is 1. The molecule has 0 aromatic carbocycles. The van der Waals surface area contributed by atoms with E-state index in [-0.39, 0.29) is 6.04 Å². The summed E-state index contributed by atoms with van der Waals surface area (Å²) >= 11 is 5.08. The Bertz CT molecular complexity index is 426. The van der Waals surface area contributed by atoms with Crippen LogP contribution in [0.1, 0.15) is 37.3 Å². The molecule has 102 valence electrons. The molecule has 1 rings (SSSR count). The second-order valence-electron chi connectivity index (χ2n) is 5.09. The van der Waals surface area contributed by atoms with E-state index in [0.29, 0.717) is 6.54 Å². The number of nitrogens with two attached hydrogens (primary N) is 1. The van der Waals surface area contributed by atoms with Crippen molar-refractivity contribution >= 4 is 33.4 Å². The van der Waals surface area contributed by atoms with Crippen molar-refractivity contribution in [3.63, 3.8) is 0 Å². The van der Waals surface area contributed by atoms with Crippen molar-refractivity contribution in [1.29, 1.82) is 0 Å². The molecule has 1 heterocycles. The number of carbonyl (C=O) groups excluding carboxylic acids is 1. The van der Waals surface area contributed by atoms with Gasteiger partial charge in [-0.2, -0.15) is 0 Å². The van der Waals surface area contributed by atoms with Crippen molar-refractivity contribution in [3.8, 4) is 0 Å². The Labute approximate surface area is 120 Å². The van der Waals surface area contributed by atoms with Gasteiger partial charge in [0.25, 0.3) is 0 Å². The van der Waals surface area contributed by atoms with Gasteiger partial charge in [0.2, 0.25) is 0 Å². The van der Waals surface area contributed by atoms with E-state index < -0.39 is 11.7 Å². The van der Waals surface area contributed by atoms with Gasteiger partial charge in [-0.3, -0.25) is 0 Å². The molecule has 0 radical (unpaired) electrons. The SMILES string of the molecule is Cc1csc(C(N)CNC(=O)OC(C)(C)C)c1Br. The third-order valence-corrected chi connectivity index (χ3v) is 4.67. The summed E-state index contributed by atoms with van der Waals surface area (Å²) in [4.78, 5) is 12.5. The number of nitrogens with one attached hydrogen (secondary N) is 1. The van der Waals surface area contributed by atoms with Crippen molar-refractivity contribution in [2.45, 2.75) is 39.3 Å². The molecule has 0 aliphatic heterocycles. The van der Waals surface area contributed by atoms with Gasteiger partial charge >= 0.3 is 6.09 Å². The summed E-state index contributed by atoms with van der Waals surface area (Å²) < 4.78 is 6.16. The molecule has 0 saturated heterocycles. The van der Waals surface area contributed by atoms with Crippen LogP contribution in [0.25, 0.3) is 0 Å². The van der Waals surface area contributed by atoms with Crippen LogP contribution in [-0.4, -0.2) is 18.2 Å². The van der Waals surface area contributed by atoms with E-state index in [4.69, 9.17) is 10.5 Å². The highest BCUT2D eigenvalue weighted by molar-refractivity contribution is 9.10. The standard InChI is InChI=1S/C12H19BrN2O2S/c1-7-6-18-10(9(7)13)8(14)5-15-11(16)17-12(2,3)4/h6,8H,5,14H2,1-4H3,(H,15,16). The van der Waals surface area contributed by atoms with Gasteiger partial charge in [-0.15, -0.1) is 11.3 Å². The first-order valence-electron chi connectivity index (χ1n) is 5.66. The molecule has 1 aromatic heterocycles. The van der Waals surface area contributed by atoms with Gasteiger partial charge in [0.1, 0.15) is 5.60 Å². The maximum atomic E-state index is 11.5. The Kier molecular flexibility index (Phi) is 5.19. The van der Waals surface area contributed by atoms with Crippen LogP contribution in [0.4, 0.5) is 4.79 Å². The molecular weight excluding hydrogens is 316 g/mol. The Morgan fingerprint density at radius 3 is 2.67 bits per heavy atom. The molecular formula is C12H19BrN2O2S. The van der Waals surface area contributed by atoms with E-state index in [2.05, 4.69) is 21.2 Å². The maximum absolute atomic E-state index is 11.5. The van der Waals surface area contributed by atoms with Crippen LogP contribution < -0.4 is 11.1 Å². The summed E-state index contributed by atoms with van der Waals surface area (Å²) in [5, 5.41) is 4.71. The van der Waals surface area contributed by atoms with Gasteiger partial charge in [0, 0.05) is 15.9 Å². The first-order valence-corrected chi connectivity index (χ1v) is 7.34. The Morgan fingerprint density at radius 2 is 2.22 bits per heavy atom. The Balaban J connectivity index is 2.49. The number of rotatable bonds is 3. The van der Waals surface area contributed by atoms with Gasteiger partial charge in [-0.25, -0.2) is 4.79 Å². The molecule has 1 aromatic rings. The minimum absolute atomic E-state index is 0.231. The smallest absolute Gasteiger partial charge is 0.407 e. The number of carbonyl (C=O) groups is 1. The molecule has 18 heavy (non-hydrogen) atoms. The van der Waals surface area contributed by atoms with Crippen molar-refractivity contribution in [2.75, 3.05) is 6.54 Å². The summed E-state index contributed by atoms with van der Waals surface area (Å²) in [6.07, 6.45) is -0.442. The van der Waals surface area contributed by atoms with Crippen molar-refractivity contribution in [2.24, 2.45) is 5.73 Å². The lowest BCUT2D eigenvalue weighted by Gasteiger charge is -2.20. The largest absolute Gasteiger partial charge is 0.444 e. The van der Waals surface area contributed by atoms with Gasteiger partial charge in [-0.1, -0.05) is 0 Å². The molecule has 0 spiro atoms.